The summed E-state index contributed by atoms with van der Waals surface area (Å²) in [7, 11) is 0. The first-order valence-corrected chi connectivity index (χ1v) is 4.95. The van der Waals surface area contributed by atoms with Crippen molar-refractivity contribution in [3.8, 4) is 6.07 Å². The fourth-order valence-electron chi connectivity index (χ4n) is 2.10. The second-order valence-corrected chi connectivity index (χ2v) is 3.85. The van der Waals surface area contributed by atoms with Crippen molar-refractivity contribution in [2.45, 2.75) is 25.4 Å². The van der Waals surface area contributed by atoms with Gasteiger partial charge in [0.1, 0.15) is 6.10 Å². The number of aliphatic hydroxyl groups excluding tert-OH is 1. The lowest BCUT2D eigenvalue weighted by Crippen LogP contribution is -2.25. The van der Waals surface area contributed by atoms with Crippen molar-refractivity contribution >= 4 is 0 Å². The van der Waals surface area contributed by atoms with Gasteiger partial charge in [0.15, 0.2) is 0 Å². The Labute approximate surface area is 83.8 Å². The lowest BCUT2D eigenvalue weighted by molar-refractivity contribution is 0.149. The summed E-state index contributed by atoms with van der Waals surface area (Å²) in [5, 5.41) is 18.1. The molecule has 1 aliphatic carbocycles. The molecule has 2 atom stereocenters. The molecule has 0 bridgehead atoms. The quantitative estimate of drug-likeness (QED) is 0.680. The van der Waals surface area contributed by atoms with Gasteiger partial charge in [-0.25, -0.2) is 0 Å². The number of nitriles is 1. The Kier molecular flexibility index (Phi) is 2.51. The van der Waals surface area contributed by atoms with Crippen LogP contribution in [0.15, 0.2) is 24.3 Å². The highest BCUT2D eigenvalue weighted by Crippen LogP contribution is 2.27. The van der Waals surface area contributed by atoms with Crippen LogP contribution in [-0.4, -0.2) is 11.2 Å². The standard InChI is InChI=1S/C12H13NO/c13-8-12(14)11-6-5-9-3-1-2-4-10(9)7-11/h1-4,11-12,14H,5-7H2. The highest BCUT2D eigenvalue weighted by atomic mass is 16.3. The largest absolute Gasteiger partial charge is 0.378 e. The van der Waals surface area contributed by atoms with E-state index >= 15 is 0 Å². The summed E-state index contributed by atoms with van der Waals surface area (Å²) in [6.45, 7) is 0. The van der Waals surface area contributed by atoms with Crippen LogP contribution in [0.5, 0.6) is 0 Å². The van der Waals surface area contributed by atoms with E-state index < -0.39 is 6.10 Å². The van der Waals surface area contributed by atoms with E-state index in [0.29, 0.717) is 0 Å². The minimum atomic E-state index is -0.802. The Hall–Kier alpha value is -1.33. The Balaban J connectivity index is 2.18. The third-order valence-corrected chi connectivity index (χ3v) is 2.96. The maximum absolute atomic E-state index is 9.45. The van der Waals surface area contributed by atoms with E-state index in [-0.39, 0.29) is 5.92 Å². The number of benzene rings is 1. The SMILES string of the molecule is N#CC(O)C1CCc2ccccc2C1. The van der Waals surface area contributed by atoms with Gasteiger partial charge in [-0.05, 0) is 30.4 Å². The molecule has 0 saturated carbocycles. The first-order valence-electron chi connectivity index (χ1n) is 4.95. The van der Waals surface area contributed by atoms with Crippen LogP contribution in [0.4, 0.5) is 0 Å². The maximum atomic E-state index is 9.45. The molecular weight excluding hydrogens is 174 g/mol. The molecule has 1 aliphatic rings. The number of nitrogens with zero attached hydrogens (tertiary/aromatic N) is 1. The fourth-order valence-corrected chi connectivity index (χ4v) is 2.10. The van der Waals surface area contributed by atoms with E-state index in [9.17, 15) is 5.11 Å². The second-order valence-electron chi connectivity index (χ2n) is 3.85. The number of aryl methyl sites for hydroxylation is 1. The van der Waals surface area contributed by atoms with Crippen LogP contribution in [0.2, 0.25) is 0 Å². The van der Waals surface area contributed by atoms with Crippen LogP contribution >= 0.6 is 0 Å². The Morgan fingerprint density at radius 2 is 2.07 bits per heavy atom. The average molecular weight is 187 g/mol. The van der Waals surface area contributed by atoms with Gasteiger partial charge >= 0.3 is 0 Å². The predicted molar refractivity (Wildman–Crippen MR) is 53.6 cm³/mol. The van der Waals surface area contributed by atoms with Crippen LogP contribution in [0.3, 0.4) is 0 Å². The summed E-state index contributed by atoms with van der Waals surface area (Å²) >= 11 is 0. The minimum Gasteiger partial charge on any atom is -0.378 e. The van der Waals surface area contributed by atoms with Gasteiger partial charge in [0.05, 0.1) is 6.07 Å². The van der Waals surface area contributed by atoms with Crippen LogP contribution in [0, 0.1) is 17.2 Å². The Morgan fingerprint density at radius 3 is 2.79 bits per heavy atom. The van der Waals surface area contributed by atoms with Crippen LogP contribution in [0.25, 0.3) is 0 Å². The van der Waals surface area contributed by atoms with Crippen molar-refractivity contribution in [2.24, 2.45) is 5.92 Å². The molecule has 0 saturated heterocycles. The first-order chi connectivity index (χ1) is 6.81. The number of hydrogen-bond acceptors (Lipinski definition) is 2. The van der Waals surface area contributed by atoms with Crippen molar-refractivity contribution in [1.82, 2.24) is 0 Å². The zero-order valence-electron chi connectivity index (χ0n) is 7.98. The van der Waals surface area contributed by atoms with Crippen LogP contribution in [0.1, 0.15) is 17.5 Å². The lowest BCUT2D eigenvalue weighted by atomic mass is 9.81. The third-order valence-electron chi connectivity index (χ3n) is 2.96. The topological polar surface area (TPSA) is 44.0 Å². The van der Waals surface area contributed by atoms with Crippen molar-refractivity contribution in [3.63, 3.8) is 0 Å². The highest BCUT2D eigenvalue weighted by Gasteiger charge is 2.24. The number of aliphatic hydroxyl groups is 1. The normalized spacial score (nSPS) is 22.1. The average Bonchev–Trinajstić information content (AvgIpc) is 2.27. The van der Waals surface area contributed by atoms with Gasteiger partial charge in [-0.3, -0.25) is 0 Å². The zero-order valence-corrected chi connectivity index (χ0v) is 7.98. The minimum absolute atomic E-state index is 0.120. The molecule has 0 spiro atoms. The highest BCUT2D eigenvalue weighted by molar-refractivity contribution is 5.30. The Morgan fingerprint density at radius 1 is 1.36 bits per heavy atom. The molecule has 0 heterocycles. The van der Waals surface area contributed by atoms with Crippen molar-refractivity contribution in [1.29, 1.82) is 5.26 Å². The predicted octanol–water partition coefficient (Wildman–Crippen LogP) is 1.68. The summed E-state index contributed by atoms with van der Waals surface area (Å²) in [6, 6.07) is 10.2. The van der Waals surface area contributed by atoms with Gasteiger partial charge in [0.2, 0.25) is 0 Å². The molecule has 1 aromatic rings. The Bertz CT molecular complexity index is 367. The molecule has 2 heteroatoms. The van der Waals surface area contributed by atoms with Gasteiger partial charge in [-0.1, -0.05) is 24.3 Å². The molecule has 0 amide bonds. The molecular formula is C12H13NO. The molecule has 2 unspecified atom stereocenters. The van der Waals surface area contributed by atoms with Crippen molar-refractivity contribution in [2.75, 3.05) is 0 Å². The number of rotatable bonds is 1. The third kappa shape index (κ3) is 1.64. The van der Waals surface area contributed by atoms with E-state index in [4.69, 9.17) is 5.26 Å². The molecule has 0 aromatic heterocycles. The lowest BCUT2D eigenvalue weighted by Gasteiger charge is -2.25. The van der Waals surface area contributed by atoms with Gasteiger partial charge in [-0.15, -0.1) is 0 Å². The molecule has 0 aliphatic heterocycles. The van der Waals surface area contributed by atoms with E-state index in [2.05, 4.69) is 12.1 Å². The number of hydrogen-bond donors (Lipinski definition) is 1. The van der Waals surface area contributed by atoms with Crippen LogP contribution < -0.4 is 0 Å². The maximum Gasteiger partial charge on any atom is 0.143 e. The molecule has 72 valence electrons. The molecule has 0 fully saturated rings. The van der Waals surface area contributed by atoms with Gasteiger partial charge in [-0.2, -0.15) is 5.26 Å². The molecule has 1 N–H and O–H groups in total. The van der Waals surface area contributed by atoms with Gasteiger partial charge in [0, 0.05) is 5.92 Å². The summed E-state index contributed by atoms with van der Waals surface area (Å²) in [5.41, 5.74) is 2.66. The second kappa shape index (κ2) is 3.81. The number of fused-ring (bicyclic) bond motifs is 1. The van der Waals surface area contributed by atoms with E-state index in [1.165, 1.54) is 11.1 Å². The molecule has 1 aromatic carbocycles. The van der Waals surface area contributed by atoms with E-state index in [1.807, 2.05) is 18.2 Å². The smallest absolute Gasteiger partial charge is 0.143 e. The van der Waals surface area contributed by atoms with Gasteiger partial charge in [0.25, 0.3) is 0 Å². The molecule has 14 heavy (non-hydrogen) atoms. The first kappa shape index (κ1) is 9.23. The summed E-state index contributed by atoms with van der Waals surface area (Å²) in [5.74, 6) is 0.120. The van der Waals surface area contributed by atoms with Crippen molar-refractivity contribution < 1.29 is 5.11 Å². The van der Waals surface area contributed by atoms with Crippen molar-refractivity contribution in [3.05, 3.63) is 35.4 Å². The monoisotopic (exact) mass is 187 g/mol. The van der Waals surface area contributed by atoms with Crippen LogP contribution in [-0.2, 0) is 12.8 Å². The van der Waals surface area contributed by atoms with Gasteiger partial charge < -0.3 is 5.11 Å². The van der Waals surface area contributed by atoms with E-state index in [0.717, 1.165) is 19.3 Å². The zero-order chi connectivity index (χ0) is 9.97. The summed E-state index contributed by atoms with van der Waals surface area (Å²) in [6.07, 6.45) is 1.94. The molecule has 2 nitrogen and oxygen atoms in total. The fraction of sp³-hybridized carbons (Fsp3) is 0.417. The molecule has 2 rings (SSSR count). The summed E-state index contributed by atoms with van der Waals surface area (Å²) < 4.78 is 0. The van der Waals surface area contributed by atoms with E-state index in [1.54, 1.807) is 0 Å². The summed E-state index contributed by atoms with van der Waals surface area (Å²) in [4.78, 5) is 0. The molecule has 0 radical (unpaired) electrons.